The second-order valence-electron chi connectivity index (χ2n) is 6.21. The Hall–Kier alpha value is -1.22. The lowest BCUT2D eigenvalue weighted by Gasteiger charge is -2.39. The summed E-state index contributed by atoms with van der Waals surface area (Å²) >= 11 is 6.11. The van der Waals surface area contributed by atoms with Crippen LogP contribution in [0.25, 0.3) is 0 Å². The number of nitrogens with one attached hydrogen (secondary N) is 1. The highest BCUT2D eigenvalue weighted by Crippen LogP contribution is 2.36. The summed E-state index contributed by atoms with van der Waals surface area (Å²) in [6.07, 6.45) is 2.41. The Morgan fingerprint density at radius 1 is 1.35 bits per heavy atom. The van der Waals surface area contributed by atoms with Gasteiger partial charge in [0, 0.05) is 25.8 Å². The number of amides is 1. The molecule has 2 rings (SSSR count). The van der Waals surface area contributed by atoms with Gasteiger partial charge in [-0.3, -0.25) is 4.79 Å². The first-order valence-electron chi connectivity index (χ1n) is 7.16. The zero-order valence-corrected chi connectivity index (χ0v) is 13.4. The first-order chi connectivity index (χ1) is 9.38. The van der Waals surface area contributed by atoms with Gasteiger partial charge in [0.25, 0.3) is 5.91 Å². The van der Waals surface area contributed by atoms with Gasteiger partial charge in [0.15, 0.2) is 0 Å². The Balaban J connectivity index is 2.04. The zero-order chi connectivity index (χ0) is 14.9. The fourth-order valence-electron chi connectivity index (χ4n) is 2.58. The van der Waals surface area contributed by atoms with E-state index in [0.29, 0.717) is 16.6 Å². The normalized spacial score (nSPS) is 21.5. The van der Waals surface area contributed by atoms with E-state index in [1.54, 1.807) is 25.1 Å². The van der Waals surface area contributed by atoms with Gasteiger partial charge >= 0.3 is 0 Å². The zero-order valence-electron chi connectivity index (χ0n) is 12.6. The number of halogens is 1. The molecule has 0 atom stereocenters. The smallest absolute Gasteiger partial charge is 0.254 e. The lowest BCUT2D eigenvalue weighted by molar-refractivity contribution is 0.0828. The maximum Gasteiger partial charge on any atom is 0.254 e. The summed E-state index contributed by atoms with van der Waals surface area (Å²) in [6.45, 7) is 4.55. The molecule has 1 fully saturated rings. The number of carbonyl (C=O) groups excluding carboxylic acids is 1. The van der Waals surface area contributed by atoms with Gasteiger partial charge < -0.3 is 10.2 Å². The Kier molecular flexibility index (Phi) is 4.59. The van der Waals surface area contributed by atoms with E-state index in [0.717, 1.165) is 17.5 Å². The van der Waals surface area contributed by atoms with Crippen molar-refractivity contribution in [3.05, 3.63) is 28.8 Å². The highest BCUT2D eigenvalue weighted by Gasteiger charge is 2.31. The molecule has 0 bridgehead atoms. The van der Waals surface area contributed by atoms with Crippen LogP contribution < -0.4 is 5.32 Å². The lowest BCUT2D eigenvalue weighted by Crippen LogP contribution is -2.37. The second-order valence-corrected chi connectivity index (χ2v) is 6.62. The van der Waals surface area contributed by atoms with Gasteiger partial charge in [-0.15, -0.1) is 0 Å². The second kappa shape index (κ2) is 6.04. The van der Waals surface area contributed by atoms with Crippen molar-refractivity contribution in [2.75, 3.05) is 19.4 Å². The standard InChI is InChI=1S/C16H23ClN2O/c1-10(2)11-7-13(8-11)18-12-5-6-15(17)14(9-12)16(20)19(3)4/h5-6,9-11,13,18H,7-8H2,1-4H3. The van der Waals surface area contributed by atoms with Gasteiger partial charge in [-0.1, -0.05) is 25.4 Å². The van der Waals surface area contributed by atoms with Gasteiger partial charge in [-0.25, -0.2) is 0 Å². The van der Waals surface area contributed by atoms with E-state index in [9.17, 15) is 4.79 Å². The number of rotatable bonds is 4. The number of benzene rings is 1. The molecule has 1 aliphatic carbocycles. The summed E-state index contributed by atoms with van der Waals surface area (Å²) in [5, 5.41) is 4.00. The van der Waals surface area contributed by atoms with E-state index >= 15 is 0 Å². The molecule has 3 nitrogen and oxygen atoms in total. The van der Waals surface area contributed by atoms with Crippen LogP contribution in [-0.4, -0.2) is 30.9 Å². The molecule has 4 heteroatoms. The van der Waals surface area contributed by atoms with Gasteiger partial charge in [-0.2, -0.15) is 0 Å². The molecule has 0 spiro atoms. The van der Waals surface area contributed by atoms with E-state index in [4.69, 9.17) is 11.6 Å². The van der Waals surface area contributed by atoms with E-state index in [1.165, 1.54) is 12.8 Å². The molecule has 0 heterocycles. The SMILES string of the molecule is CC(C)C1CC(Nc2ccc(Cl)c(C(=O)N(C)C)c2)C1. The summed E-state index contributed by atoms with van der Waals surface area (Å²) in [5.41, 5.74) is 1.54. The van der Waals surface area contributed by atoms with E-state index in [-0.39, 0.29) is 5.91 Å². The Bertz CT molecular complexity index is 493. The molecule has 1 amide bonds. The summed E-state index contributed by atoms with van der Waals surface area (Å²) in [6, 6.07) is 6.11. The van der Waals surface area contributed by atoms with Crippen molar-refractivity contribution in [1.29, 1.82) is 0 Å². The van der Waals surface area contributed by atoms with Crippen molar-refractivity contribution in [2.45, 2.75) is 32.7 Å². The monoisotopic (exact) mass is 294 g/mol. The summed E-state index contributed by atoms with van der Waals surface area (Å²) in [4.78, 5) is 13.6. The van der Waals surface area contributed by atoms with E-state index in [2.05, 4.69) is 19.2 Å². The predicted octanol–water partition coefficient (Wildman–Crippen LogP) is 3.89. The van der Waals surface area contributed by atoms with Crippen LogP contribution in [0.3, 0.4) is 0 Å². The third-order valence-electron chi connectivity index (χ3n) is 4.09. The predicted molar refractivity (Wildman–Crippen MR) is 84.4 cm³/mol. The molecule has 0 aliphatic heterocycles. The van der Waals surface area contributed by atoms with E-state index in [1.807, 2.05) is 12.1 Å². The minimum Gasteiger partial charge on any atom is -0.382 e. The maximum absolute atomic E-state index is 12.0. The van der Waals surface area contributed by atoms with Crippen LogP contribution in [0.5, 0.6) is 0 Å². The average molecular weight is 295 g/mol. The van der Waals surface area contributed by atoms with Crippen LogP contribution >= 0.6 is 11.6 Å². The first-order valence-corrected chi connectivity index (χ1v) is 7.54. The fraction of sp³-hybridized carbons (Fsp3) is 0.562. The lowest BCUT2D eigenvalue weighted by atomic mass is 9.73. The molecule has 0 radical (unpaired) electrons. The number of nitrogens with zero attached hydrogens (tertiary/aromatic N) is 1. The van der Waals surface area contributed by atoms with Crippen molar-refractivity contribution in [1.82, 2.24) is 4.90 Å². The molecule has 1 saturated carbocycles. The van der Waals surface area contributed by atoms with Crippen LogP contribution in [0.2, 0.25) is 5.02 Å². The van der Waals surface area contributed by atoms with Gasteiger partial charge in [0.2, 0.25) is 0 Å². The number of carbonyl (C=O) groups is 1. The first kappa shape index (κ1) is 15.2. The Morgan fingerprint density at radius 3 is 2.55 bits per heavy atom. The third kappa shape index (κ3) is 3.26. The molecule has 0 saturated heterocycles. The van der Waals surface area contributed by atoms with Crippen molar-refractivity contribution in [3.63, 3.8) is 0 Å². The molecule has 110 valence electrons. The minimum atomic E-state index is -0.0627. The van der Waals surface area contributed by atoms with Crippen molar-refractivity contribution in [2.24, 2.45) is 11.8 Å². The highest BCUT2D eigenvalue weighted by atomic mass is 35.5. The van der Waals surface area contributed by atoms with Crippen LogP contribution in [0, 0.1) is 11.8 Å². The molecule has 20 heavy (non-hydrogen) atoms. The van der Waals surface area contributed by atoms with Crippen LogP contribution in [0.15, 0.2) is 18.2 Å². The third-order valence-corrected chi connectivity index (χ3v) is 4.42. The van der Waals surface area contributed by atoms with Crippen molar-refractivity contribution in [3.8, 4) is 0 Å². The molecule has 1 aromatic carbocycles. The quantitative estimate of drug-likeness (QED) is 0.914. The Labute approximate surface area is 126 Å². The van der Waals surface area contributed by atoms with Gasteiger partial charge in [-0.05, 0) is 42.9 Å². The molecular weight excluding hydrogens is 272 g/mol. The van der Waals surface area contributed by atoms with Gasteiger partial charge in [0.1, 0.15) is 0 Å². The largest absolute Gasteiger partial charge is 0.382 e. The number of hydrogen-bond acceptors (Lipinski definition) is 2. The highest BCUT2D eigenvalue weighted by molar-refractivity contribution is 6.34. The maximum atomic E-state index is 12.0. The number of hydrogen-bond donors (Lipinski definition) is 1. The van der Waals surface area contributed by atoms with Crippen LogP contribution in [0.1, 0.15) is 37.0 Å². The molecule has 1 aromatic rings. The van der Waals surface area contributed by atoms with Crippen molar-refractivity contribution >= 4 is 23.2 Å². The van der Waals surface area contributed by atoms with E-state index < -0.39 is 0 Å². The molecule has 0 aromatic heterocycles. The Morgan fingerprint density at radius 2 is 2.00 bits per heavy atom. The van der Waals surface area contributed by atoms with Crippen molar-refractivity contribution < 1.29 is 4.79 Å². The van der Waals surface area contributed by atoms with Crippen LogP contribution in [0.4, 0.5) is 5.69 Å². The number of anilines is 1. The molecule has 0 unspecified atom stereocenters. The molecule has 1 aliphatic rings. The summed E-state index contributed by atoms with van der Waals surface area (Å²) in [7, 11) is 3.47. The minimum absolute atomic E-state index is 0.0627. The average Bonchev–Trinajstić information content (AvgIpc) is 2.33. The van der Waals surface area contributed by atoms with Gasteiger partial charge in [0.05, 0.1) is 10.6 Å². The molecular formula is C16H23ClN2O. The fourth-order valence-corrected chi connectivity index (χ4v) is 2.78. The topological polar surface area (TPSA) is 32.3 Å². The summed E-state index contributed by atoms with van der Waals surface area (Å²) in [5.74, 6) is 1.51. The van der Waals surface area contributed by atoms with Crippen LogP contribution in [-0.2, 0) is 0 Å². The molecule has 1 N–H and O–H groups in total. The summed E-state index contributed by atoms with van der Waals surface area (Å²) < 4.78 is 0.